The third-order valence-corrected chi connectivity index (χ3v) is 4.97. The van der Waals surface area contributed by atoms with E-state index >= 15 is 0 Å². The molecule has 0 radical (unpaired) electrons. The highest BCUT2D eigenvalue weighted by Gasteiger charge is 2.36. The molecule has 8 nitrogen and oxygen atoms in total. The smallest absolute Gasteiger partial charge is 0.333 e. The zero-order valence-electron chi connectivity index (χ0n) is 16.0. The lowest BCUT2D eigenvalue weighted by Gasteiger charge is -2.37. The maximum atomic E-state index is 12.0. The lowest BCUT2D eigenvalue weighted by atomic mass is 9.83. The second-order valence-corrected chi connectivity index (χ2v) is 7.18. The van der Waals surface area contributed by atoms with E-state index in [4.69, 9.17) is 16.2 Å². The number of hydrogen-bond acceptors (Lipinski definition) is 8. The van der Waals surface area contributed by atoms with Gasteiger partial charge in [-0.1, -0.05) is 39.5 Å². The Hall–Kier alpha value is -1.51. The summed E-state index contributed by atoms with van der Waals surface area (Å²) in [6.07, 6.45) is 6.00. The van der Waals surface area contributed by atoms with Crippen LogP contribution in [0.2, 0.25) is 0 Å². The first-order valence-electron chi connectivity index (χ1n) is 9.19. The van der Waals surface area contributed by atoms with Crippen molar-refractivity contribution >= 4 is 17.9 Å². The summed E-state index contributed by atoms with van der Waals surface area (Å²) >= 11 is 0. The Bertz CT molecular complexity index is 486. The summed E-state index contributed by atoms with van der Waals surface area (Å²) in [4.78, 5) is 34.9. The highest BCUT2D eigenvalue weighted by molar-refractivity contribution is 5.92. The lowest BCUT2D eigenvalue weighted by Crippen LogP contribution is -2.46. The van der Waals surface area contributed by atoms with Crippen molar-refractivity contribution in [2.75, 3.05) is 13.7 Å². The molecule has 0 heterocycles. The number of nitrogens with two attached hydrogens (primary N) is 2. The van der Waals surface area contributed by atoms with Gasteiger partial charge in [-0.2, -0.15) is 0 Å². The van der Waals surface area contributed by atoms with Crippen molar-refractivity contribution in [3.63, 3.8) is 0 Å². The zero-order valence-corrected chi connectivity index (χ0v) is 16.0. The van der Waals surface area contributed by atoms with Crippen molar-refractivity contribution in [3.05, 3.63) is 0 Å². The van der Waals surface area contributed by atoms with Crippen LogP contribution >= 0.6 is 0 Å². The average molecular weight is 372 g/mol. The van der Waals surface area contributed by atoms with Gasteiger partial charge in [0.2, 0.25) is 0 Å². The first-order chi connectivity index (χ1) is 12.2. The van der Waals surface area contributed by atoms with Crippen LogP contribution in [-0.4, -0.2) is 49.3 Å². The summed E-state index contributed by atoms with van der Waals surface area (Å²) in [5.74, 6) is -2.30. The maximum Gasteiger partial charge on any atom is 0.333 e. The van der Waals surface area contributed by atoms with Crippen molar-refractivity contribution in [2.24, 2.45) is 17.4 Å². The summed E-state index contributed by atoms with van der Waals surface area (Å²) in [6.45, 7) is 4.17. The lowest BCUT2D eigenvalue weighted by molar-refractivity contribution is -0.165. The molecule has 1 fully saturated rings. The Labute approximate surface area is 154 Å². The minimum Gasteiger partial charge on any atom is -0.469 e. The largest absolute Gasteiger partial charge is 0.469 e. The Morgan fingerprint density at radius 1 is 0.962 bits per heavy atom. The quantitative estimate of drug-likeness (QED) is 0.367. The molecule has 1 rings (SSSR count). The predicted octanol–water partition coefficient (Wildman–Crippen LogP) is 1.04. The van der Waals surface area contributed by atoms with Crippen molar-refractivity contribution in [1.29, 1.82) is 0 Å². The topological polar surface area (TPSA) is 131 Å². The number of carbonyl (C=O) groups excluding carboxylic acids is 3. The fraction of sp³-hybridized carbons (Fsp3) is 0.833. The Kier molecular flexibility index (Phi) is 9.18. The van der Waals surface area contributed by atoms with Gasteiger partial charge in [0, 0.05) is 0 Å². The van der Waals surface area contributed by atoms with Crippen LogP contribution in [0.25, 0.3) is 0 Å². The molecule has 8 heteroatoms. The first kappa shape index (κ1) is 22.5. The average Bonchev–Trinajstić information content (AvgIpc) is 2.85. The standard InChI is InChI=1S/C18H32N2O6/c1-12(2)18(8-6-4-5-7-9-18)25-11-14(20)17(23)26-16(22)13(19)10-15(21)24-3/h12-14H,4-11,19-20H2,1-3H3/t13-,14-/m0/s1. The van der Waals surface area contributed by atoms with E-state index in [0.717, 1.165) is 25.7 Å². The van der Waals surface area contributed by atoms with Crippen LogP contribution in [0.4, 0.5) is 0 Å². The molecular weight excluding hydrogens is 340 g/mol. The molecule has 1 aliphatic carbocycles. The molecule has 4 N–H and O–H groups in total. The molecular formula is C18H32N2O6. The van der Waals surface area contributed by atoms with Crippen molar-refractivity contribution in [2.45, 2.75) is 76.5 Å². The van der Waals surface area contributed by atoms with Crippen LogP contribution in [0.1, 0.15) is 58.8 Å². The molecule has 0 spiro atoms. The van der Waals surface area contributed by atoms with Crippen LogP contribution in [0.5, 0.6) is 0 Å². The molecule has 0 aliphatic heterocycles. The molecule has 0 saturated heterocycles. The SMILES string of the molecule is COC(=O)C[C@H](N)C(=O)OC(=O)[C@@H](N)COC1(C(C)C)CCCCCC1. The van der Waals surface area contributed by atoms with Gasteiger partial charge in [-0.3, -0.25) is 4.79 Å². The number of hydrogen-bond donors (Lipinski definition) is 2. The van der Waals surface area contributed by atoms with E-state index in [0.29, 0.717) is 5.92 Å². The van der Waals surface area contributed by atoms with E-state index in [1.807, 2.05) is 0 Å². The zero-order chi connectivity index (χ0) is 19.7. The van der Waals surface area contributed by atoms with Gasteiger partial charge < -0.3 is 25.7 Å². The summed E-state index contributed by atoms with van der Waals surface area (Å²) in [6, 6.07) is -2.37. The second-order valence-electron chi connectivity index (χ2n) is 7.18. The normalized spacial score (nSPS) is 19.3. The van der Waals surface area contributed by atoms with E-state index in [2.05, 4.69) is 23.3 Å². The van der Waals surface area contributed by atoms with E-state index in [1.54, 1.807) is 0 Å². The third kappa shape index (κ3) is 6.66. The molecule has 26 heavy (non-hydrogen) atoms. The highest BCUT2D eigenvalue weighted by atomic mass is 16.6. The Balaban J connectivity index is 2.54. The van der Waals surface area contributed by atoms with Gasteiger partial charge in [-0.05, 0) is 18.8 Å². The molecule has 0 bridgehead atoms. The summed E-state index contributed by atoms with van der Waals surface area (Å²) < 4.78 is 15.2. The molecule has 0 aromatic carbocycles. The molecule has 150 valence electrons. The van der Waals surface area contributed by atoms with Crippen LogP contribution in [0.3, 0.4) is 0 Å². The van der Waals surface area contributed by atoms with E-state index in [9.17, 15) is 14.4 Å². The molecule has 1 aliphatic rings. The van der Waals surface area contributed by atoms with Crippen LogP contribution in [0, 0.1) is 5.92 Å². The molecule has 1 saturated carbocycles. The van der Waals surface area contributed by atoms with Gasteiger partial charge in [-0.25, -0.2) is 9.59 Å². The van der Waals surface area contributed by atoms with Gasteiger partial charge >= 0.3 is 17.9 Å². The summed E-state index contributed by atoms with van der Waals surface area (Å²) in [5, 5.41) is 0. The van der Waals surface area contributed by atoms with Gasteiger partial charge in [0.25, 0.3) is 0 Å². The van der Waals surface area contributed by atoms with Crippen LogP contribution in [-0.2, 0) is 28.6 Å². The van der Waals surface area contributed by atoms with Crippen molar-refractivity contribution < 1.29 is 28.6 Å². The number of rotatable bonds is 8. The predicted molar refractivity (Wildman–Crippen MR) is 94.9 cm³/mol. The number of carbonyl (C=O) groups is 3. The highest BCUT2D eigenvalue weighted by Crippen LogP contribution is 2.36. The maximum absolute atomic E-state index is 12.0. The molecule has 0 aromatic rings. The Morgan fingerprint density at radius 2 is 1.50 bits per heavy atom. The molecule has 0 aromatic heterocycles. The fourth-order valence-corrected chi connectivity index (χ4v) is 3.14. The van der Waals surface area contributed by atoms with Crippen molar-refractivity contribution in [3.8, 4) is 0 Å². The molecule has 0 amide bonds. The van der Waals surface area contributed by atoms with E-state index in [1.165, 1.54) is 20.0 Å². The summed E-state index contributed by atoms with van der Waals surface area (Å²) in [5.41, 5.74) is 11.0. The molecule has 0 unspecified atom stereocenters. The molecule has 2 atom stereocenters. The van der Waals surface area contributed by atoms with Gasteiger partial charge in [0.1, 0.15) is 12.1 Å². The summed E-state index contributed by atoms with van der Waals surface area (Å²) in [7, 11) is 1.18. The van der Waals surface area contributed by atoms with E-state index < -0.39 is 30.0 Å². The number of methoxy groups -OCH3 is 1. The number of esters is 3. The van der Waals surface area contributed by atoms with Gasteiger partial charge in [-0.15, -0.1) is 0 Å². The minimum absolute atomic E-state index is 0.0312. The third-order valence-electron chi connectivity index (χ3n) is 4.97. The van der Waals surface area contributed by atoms with E-state index in [-0.39, 0.29) is 18.6 Å². The number of ether oxygens (including phenoxy) is 3. The Morgan fingerprint density at radius 3 is 2.00 bits per heavy atom. The van der Waals surface area contributed by atoms with Gasteiger partial charge in [0.15, 0.2) is 0 Å². The minimum atomic E-state index is -1.27. The monoisotopic (exact) mass is 372 g/mol. The van der Waals surface area contributed by atoms with Crippen LogP contribution < -0.4 is 11.5 Å². The van der Waals surface area contributed by atoms with Crippen molar-refractivity contribution in [1.82, 2.24) is 0 Å². The van der Waals surface area contributed by atoms with Crippen LogP contribution in [0.15, 0.2) is 0 Å². The fourth-order valence-electron chi connectivity index (χ4n) is 3.14. The second kappa shape index (κ2) is 10.6. The van der Waals surface area contributed by atoms with Gasteiger partial charge in [0.05, 0.1) is 25.7 Å². The first-order valence-corrected chi connectivity index (χ1v) is 9.19.